The average Bonchev–Trinajstić information content (AvgIpc) is 2.94. The van der Waals surface area contributed by atoms with E-state index in [-0.39, 0.29) is 16.9 Å². The smallest absolute Gasteiger partial charge is 0.391 e. The zero-order valence-corrected chi connectivity index (χ0v) is 14.3. The van der Waals surface area contributed by atoms with Crippen molar-refractivity contribution in [2.75, 3.05) is 5.75 Å². The minimum Gasteiger partial charge on any atom is -0.391 e. The second kappa shape index (κ2) is 6.50. The Morgan fingerprint density at radius 3 is 2.28 bits per heavy atom. The molecule has 0 amide bonds. The number of ketones is 1. The Kier molecular flexibility index (Phi) is 4.68. The van der Waals surface area contributed by atoms with Crippen LogP contribution in [-0.2, 0) is 4.75 Å². The molecule has 2 aromatic rings. The molecule has 2 aromatic carbocycles. The Morgan fingerprint density at radius 1 is 1.12 bits per heavy atom. The van der Waals surface area contributed by atoms with E-state index < -0.39 is 28.7 Å². The lowest BCUT2D eigenvalue weighted by Gasteiger charge is -2.37. The Hall–Kier alpha value is -1.79. The zero-order valence-electron chi connectivity index (χ0n) is 13.5. The lowest BCUT2D eigenvalue weighted by Crippen LogP contribution is -2.49. The van der Waals surface area contributed by atoms with Crippen molar-refractivity contribution >= 4 is 17.5 Å². The zero-order chi connectivity index (χ0) is 18.2. The van der Waals surface area contributed by atoms with Gasteiger partial charge < -0.3 is 5.11 Å². The number of hydrogen-bond donors (Lipinski definition) is 1. The first-order valence-electron chi connectivity index (χ1n) is 7.82. The molecule has 1 heterocycles. The van der Waals surface area contributed by atoms with Gasteiger partial charge in [-0.2, -0.15) is 13.2 Å². The summed E-state index contributed by atoms with van der Waals surface area (Å²) in [7, 11) is 0. The summed E-state index contributed by atoms with van der Waals surface area (Å²) in [5.41, 5.74) is 1.01. The van der Waals surface area contributed by atoms with Gasteiger partial charge in [0.1, 0.15) is 4.75 Å². The maximum atomic E-state index is 14.2. The van der Waals surface area contributed by atoms with Crippen molar-refractivity contribution in [3.05, 3.63) is 71.3 Å². The molecule has 2 nitrogen and oxygen atoms in total. The molecule has 6 heteroatoms. The third-order valence-electron chi connectivity index (χ3n) is 4.55. The van der Waals surface area contributed by atoms with Gasteiger partial charge >= 0.3 is 6.18 Å². The molecular formula is C19H17F3O2S. The fourth-order valence-electron chi connectivity index (χ4n) is 3.30. The fourth-order valence-corrected chi connectivity index (χ4v) is 4.84. The van der Waals surface area contributed by atoms with Crippen LogP contribution in [0.15, 0.2) is 54.6 Å². The summed E-state index contributed by atoms with van der Waals surface area (Å²) in [6, 6.07) is 13.8. The second-order valence-electron chi connectivity index (χ2n) is 6.19. The molecular weight excluding hydrogens is 349 g/mol. The Morgan fingerprint density at radius 2 is 1.72 bits per heavy atom. The first kappa shape index (κ1) is 18.0. The number of halogens is 3. The Balaban J connectivity index is 2.16. The van der Waals surface area contributed by atoms with Gasteiger partial charge in [0.25, 0.3) is 0 Å². The van der Waals surface area contributed by atoms with E-state index in [4.69, 9.17) is 0 Å². The second-order valence-corrected chi connectivity index (χ2v) is 7.45. The number of rotatable bonds is 3. The van der Waals surface area contributed by atoms with E-state index in [9.17, 15) is 23.1 Å². The number of aliphatic hydroxyl groups excluding tert-OH is 1. The summed E-state index contributed by atoms with van der Waals surface area (Å²) in [6.07, 6.45) is -6.04. The quantitative estimate of drug-likeness (QED) is 0.820. The van der Waals surface area contributed by atoms with Crippen LogP contribution in [0.1, 0.15) is 21.5 Å². The fraction of sp³-hybridized carbons (Fsp3) is 0.316. The molecule has 0 aliphatic carbocycles. The maximum Gasteiger partial charge on any atom is 0.408 e. The van der Waals surface area contributed by atoms with Gasteiger partial charge in [-0.3, -0.25) is 4.79 Å². The first-order valence-corrected chi connectivity index (χ1v) is 8.81. The molecule has 0 saturated carbocycles. The SMILES string of the molecule is Cc1ccc([C@@]2(C(F)(F)F)SC[C@@H](O)[C@H]2C(=O)c2ccccc2)cc1. The molecule has 25 heavy (non-hydrogen) atoms. The van der Waals surface area contributed by atoms with E-state index in [1.165, 1.54) is 24.3 Å². The molecule has 1 aliphatic heterocycles. The third-order valence-corrected chi connectivity index (χ3v) is 6.23. The van der Waals surface area contributed by atoms with Gasteiger partial charge in [0, 0.05) is 11.3 Å². The number of carbonyl (C=O) groups excluding carboxylic acids is 1. The number of benzene rings is 2. The number of hydrogen-bond acceptors (Lipinski definition) is 3. The van der Waals surface area contributed by atoms with Crippen molar-refractivity contribution in [2.45, 2.75) is 24.0 Å². The summed E-state index contributed by atoms with van der Waals surface area (Å²) in [4.78, 5) is 12.9. The predicted octanol–water partition coefficient (Wildman–Crippen LogP) is 4.36. The highest BCUT2D eigenvalue weighted by Gasteiger charge is 2.67. The number of alkyl halides is 3. The molecule has 1 aliphatic rings. The van der Waals surface area contributed by atoms with Crippen molar-refractivity contribution in [3.8, 4) is 0 Å². The third kappa shape index (κ3) is 2.98. The maximum absolute atomic E-state index is 14.2. The van der Waals surface area contributed by atoms with Crippen LogP contribution in [0.5, 0.6) is 0 Å². The molecule has 3 atom stereocenters. The standard InChI is InChI=1S/C19H17F3O2S/c1-12-7-9-14(10-8-12)18(19(20,21)22)16(15(23)11-25-18)17(24)13-5-3-2-4-6-13/h2-10,15-16,23H,11H2,1H3/t15-,16+,18-/m1/s1. The normalized spacial score (nSPS) is 26.6. The molecule has 1 saturated heterocycles. The van der Waals surface area contributed by atoms with Crippen molar-refractivity contribution in [2.24, 2.45) is 5.92 Å². The van der Waals surface area contributed by atoms with Gasteiger partial charge in [0.15, 0.2) is 5.78 Å². The van der Waals surface area contributed by atoms with Gasteiger partial charge in [-0.1, -0.05) is 60.2 Å². The Labute approximate surface area is 148 Å². The highest BCUT2D eigenvalue weighted by atomic mass is 32.2. The molecule has 1 N–H and O–H groups in total. The highest BCUT2D eigenvalue weighted by Crippen LogP contribution is 2.60. The van der Waals surface area contributed by atoms with Crippen LogP contribution in [0.25, 0.3) is 0 Å². The van der Waals surface area contributed by atoms with E-state index in [0.29, 0.717) is 11.8 Å². The number of thioether (sulfide) groups is 1. The summed E-state index contributed by atoms with van der Waals surface area (Å²) in [5.74, 6) is -2.41. The van der Waals surface area contributed by atoms with Crippen LogP contribution >= 0.6 is 11.8 Å². The molecule has 0 unspecified atom stereocenters. The van der Waals surface area contributed by atoms with Gasteiger partial charge in [-0.05, 0) is 12.5 Å². The molecule has 0 bridgehead atoms. The van der Waals surface area contributed by atoms with Gasteiger partial charge in [-0.25, -0.2) is 0 Å². The van der Waals surface area contributed by atoms with Crippen molar-refractivity contribution in [1.82, 2.24) is 0 Å². The lowest BCUT2D eigenvalue weighted by atomic mass is 9.77. The van der Waals surface area contributed by atoms with Crippen molar-refractivity contribution in [3.63, 3.8) is 0 Å². The van der Waals surface area contributed by atoms with Crippen LogP contribution < -0.4 is 0 Å². The van der Waals surface area contributed by atoms with Crippen LogP contribution in [0.2, 0.25) is 0 Å². The number of aliphatic hydroxyl groups is 1. The minimum atomic E-state index is -4.68. The van der Waals surface area contributed by atoms with Crippen LogP contribution in [0.4, 0.5) is 13.2 Å². The first-order chi connectivity index (χ1) is 11.8. The van der Waals surface area contributed by atoms with E-state index in [2.05, 4.69) is 0 Å². The van der Waals surface area contributed by atoms with E-state index in [0.717, 1.165) is 5.56 Å². The number of Topliss-reactive ketones (excluding diaryl/α,β-unsaturated/α-hetero) is 1. The van der Waals surface area contributed by atoms with Crippen molar-refractivity contribution in [1.29, 1.82) is 0 Å². The summed E-state index contributed by atoms with van der Waals surface area (Å²) in [5, 5.41) is 10.3. The molecule has 0 radical (unpaired) electrons. The molecule has 0 spiro atoms. The summed E-state index contributed by atoms with van der Waals surface area (Å²) < 4.78 is 40.2. The van der Waals surface area contributed by atoms with E-state index in [1.807, 2.05) is 0 Å². The molecule has 3 rings (SSSR count). The van der Waals surface area contributed by atoms with Gasteiger partial charge in [-0.15, -0.1) is 11.8 Å². The number of aryl methyl sites for hydroxylation is 1. The lowest BCUT2D eigenvalue weighted by molar-refractivity contribution is -0.174. The summed E-state index contributed by atoms with van der Waals surface area (Å²) >= 11 is 0.599. The largest absolute Gasteiger partial charge is 0.408 e. The van der Waals surface area contributed by atoms with Crippen LogP contribution in [0.3, 0.4) is 0 Å². The number of carbonyl (C=O) groups is 1. The van der Waals surface area contributed by atoms with Crippen LogP contribution in [0, 0.1) is 12.8 Å². The predicted molar refractivity (Wildman–Crippen MR) is 91.6 cm³/mol. The molecule has 1 fully saturated rings. The monoisotopic (exact) mass is 366 g/mol. The minimum absolute atomic E-state index is 0.00133. The van der Waals surface area contributed by atoms with E-state index >= 15 is 0 Å². The average molecular weight is 366 g/mol. The van der Waals surface area contributed by atoms with Gasteiger partial charge in [0.2, 0.25) is 0 Å². The summed E-state index contributed by atoms with van der Waals surface area (Å²) in [6.45, 7) is 1.79. The van der Waals surface area contributed by atoms with E-state index in [1.54, 1.807) is 37.3 Å². The van der Waals surface area contributed by atoms with Crippen molar-refractivity contribution < 1.29 is 23.1 Å². The van der Waals surface area contributed by atoms with Crippen LogP contribution in [-0.4, -0.2) is 28.9 Å². The highest BCUT2D eigenvalue weighted by molar-refractivity contribution is 8.00. The topological polar surface area (TPSA) is 37.3 Å². The molecule has 0 aromatic heterocycles. The molecule has 132 valence electrons. The van der Waals surface area contributed by atoms with Gasteiger partial charge in [0.05, 0.1) is 12.0 Å². The Bertz CT molecular complexity index is 758.